The predicted octanol–water partition coefficient (Wildman–Crippen LogP) is 4.33. The van der Waals surface area contributed by atoms with Gasteiger partial charge in [-0.3, -0.25) is 9.89 Å². The Hall–Kier alpha value is -2.75. The Morgan fingerprint density at radius 2 is 1.81 bits per heavy atom. The van der Waals surface area contributed by atoms with Crippen LogP contribution in [-0.2, 0) is 10.0 Å². The van der Waals surface area contributed by atoms with E-state index in [-0.39, 0.29) is 15.5 Å². The summed E-state index contributed by atoms with van der Waals surface area (Å²) in [5.41, 5.74) is 0.879. The van der Waals surface area contributed by atoms with Crippen LogP contribution < -0.4 is 10.0 Å². The second kappa shape index (κ2) is 8.31. The molecule has 0 saturated heterocycles. The standard InChI is InChI=1S/C22H24ClN5O3S/c1-22(2,3)28-32(30,31)18-12-15(8-11-17(18)23)21(29)24-16-9-6-14(7-10-16)20-25-19(26-27-20)13-4-5-13/h6-13,28H,4-5H2,1-3H3,(H,24,29)(H,25,26,27). The number of nitrogens with zero attached hydrogens (tertiary/aromatic N) is 2. The highest BCUT2D eigenvalue weighted by atomic mass is 35.5. The minimum atomic E-state index is -3.89. The molecule has 3 N–H and O–H groups in total. The zero-order chi connectivity index (χ0) is 23.1. The number of hydrogen-bond donors (Lipinski definition) is 3. The molecule has 1 fully saturated rings. The summed E-state index contributed by atoms with van der Waals surface area (Å²) >= 11 is 6.11. The number of anilines is 1. The second-order valence-corrected chi connectivity index (χ2v) is 10.9. The molecule has 168 valence electrons. The fourth-order valence-electron chi connectivity index (χ4n) is 3.16. The first-order valence-corrected chi connectivity index (χ1v) is 12.1. The van der Waals surface area contributed by atoms with E-state index in [1.54, 1.807) is 32.9 Å². The van der Waals surface area contributed by atoms with Gasteiger partial charge in [0.2, 0.25) is 10.0 Å². The number of H-pyrrole nitrogens is 1. The quantitative estimate of drug-likeness (QED) is 0.492. The third-order valence-electron chi connectivity index (χ3n) is 4.79. The molecule has 1 aliphatic rings. The van der Waals surface area contributed by atoms with Crippen molar-refractivity contribution in [3.63, 3.8) is 0 Å². The average molecular weight is 474 g/mol. The number of nitrogens with one attached hydrogen (secondary N) is 3. The highest BCUT2D eigenvalue weighted by molar-refractivity contribution is 7.89. The van der Waals surface area contributed by atoms with Gasteiger partial charge >= 0.3 is 0 Å². The van der Waals surface area contributed by atoms with Crippen LogP contribution in [0.2, 0.25) is 5.02 Å². The first-order chi connectivity index (χ1) is 15.0. The molecule has 3 aromatic rings. The molecular weight excluding hydrogens is 450 g/mol. The van der Waals surface area contributed by atoms with Gasteiger partial charge in [0, 0.05) is 28.3 Å². The third-order valence-corrected chi connectivity index (χ3v) is 7.03. The van der Waals surface area contributed by atoms with E-state index in [1.165, 1.54) is 18.2 Å². The summed E-state index contributed by atoms with van der Waals surface area (Å²) in [5.74, 6) is 1.56. The number of rotatable bonds is 6. The van der Waals surface area contributed by atoms with Gasteiger partial charge in [-0.2, -0.15) is 5.10 Å². The molecule has 0 unspecified atom stereocenters. The lowest BCUT2D eigenvalue weighted by molar-refractivity contribution is 0.102. The predicted molar refractivity (Wildman–Crippen MR) is 123 cm³/mol. The molecule has 1 saturated carbocycles. The summed E-state index contributed by atoms with van der Waals surface area (Å²) in [6.07, 6.45) is 2.28. The van der Waals surface area contributed by atoms with E-state index >= 15 is 0 Å². The van der Waals surface area contributed by atoms with E-state index in [9.17, 15) is 13.2 Å². The van der Waals surface area contributed by atoms with Gasteiger partial charge in [0.25, 0.3) is 5.91 Å². The van der Waals surface area contributed by atoms with Crippen LogP contribution in [0.15, 0.2) is 47.4 Å². The van der Waals surface area contributed by atoms with E-state index in [0.717, 1.165) is 24.2 Å². The van der Waals surface area contributed by atoms with Gasteiger partial charge in [-0.05, 0) is 76.1 Å². The van der Waals surface area contributed by atoms with Crippen molar-refractivity contribution in [2.24, 2.45) is 0 Å². The average Bonchev–Trinajstić information content (AvgIpc) is 3.44. The van der Waals surface area contributed by atoms with Crippen LogP contribution >= 0.6 is 11.6 Å². The molecule has 0 radical (unpaired) electrons. The lowest BCUT2D eigenvalue weighted by Gasteiger charge is -2.21. The number of carbonyl (C=O) groups is 1. The molecule has 0 aliphatic heterocycles. The van der Waals surface area contributed by atoms with Crippen LogP contribution in [0.25, 0.3) is 11.4 Å². The number of carbonyl (C=O) groups excluding carboxylic acids is 1. The van der Waals surface area contributed by atoms with Gasteiger partial charge < -0.3 is 5.32 Å². The summed E-state index contributed by atoms with van der Waals surface area (Å²) in [6, 6.07) is 11.3. The summed E-state index contributed by atoms with van der Waals surface area (Å²) in [5, 5.41) is 10.0. The normalized spacial score (nSPS) is 14.4. The van der Waals surface area contributed by atoms with Crippen LogP contribution in [0, 0.1) is 0 Å². The number of hydrogen-bond acceptors (Lipinski definition) is 5. The third kappa shape index (κ3) is 5.17. The lowest BCUT2D eigenvalue weighted by atomic mass is 10.1. The molecule has 32 heavy (non-hydrogen) atoms. The van der Waals surface area contributed by atoms with E-state index in [4.69, 9.17) is 11.6 Å². The van der Waals surface area contributed by atoms with Crippen molar-refractivity contribution in [3.8, 4) is 11.4 Å². The maximum Gasteiger partial charge on any atom is 0.255 e. The molecule has 8 nitrogen and oxygen atoms in total. The highest BCUT2D eigenvalue weighted by Crippen LogP contribution is 2.38. The van der Waals surface area contributed by atoms with Crippen molar-refractivity contribution < 1.29 is 13.2 Å². The number of halogens is 1. The van der Waals surface area contributed by atoms with Gasteiger partial charge in [-0.25, -0.2) is 18.1 Å². The van der Waals surface area contributed by atoms with Gasteiger partial charge in [0.15, 0.2) is 5.82 Å². The topological polar surface area (TPSA) is 117 Å². The Kier molecular flexibility index (Phi) is 5.83. The van der Waals surface area contributed by atoms with Crippen LogP contribution in [0.3, 0.4) is 0 Å². The minimum Gasteiger partial charge on any atom is -0.322 e. The summed E-state index contributed by atoms with van der Waals surface area (Å²) in [7, 11) is -3.89. The molecule has 1 heterocycles. The zero-order valence-corrected chi connectivity index (χ0v) is 19.5. The largest absolute Gasteiger partial charge is 0.322 e. The summed E-state index contributed by atoms with van der Waals surface area (Å²) in [6.45, 7) is 5.18. The van der Waals surface area contributed by atoms with E-state index in [1.807, 2.05) is 12.1 Å². The van der Waals surface area contributed by atoms with Crippen LogP contribution in [0.1, 0.15) is 55.7 Å². The fraction of sp³-hybridized carbons (Fsp3) is 0.318. The summed E-state index contributed by atoms with van der Waals surface area (Å²) in [4.78, 5) is 17.1. The SMILES string of the molecule is CC(C)(C)NS(=O)(=O)c1cc(C(=O)Nc2ccc(-c3n[nH]c(C4CC4)n3)cc2)ccc1Cl. The van der Waals surface area contributed by atoms with Gasteiger partial charge in [0.05, 0.1) is 5.02 Å². The first kappa shape index (κ1) is 22.4. The Bertz CT molecular complexity index is 1260. The number of amides is 1. The molecule has 2 aromatic carbocycles. The zero-order valence-electron chi connectivity index (χ0n) is 17.9. The minimum absolute atomic E-state index is 0.0414. The Labute approximate surface area is 191 Å². The van der Waals surface area contributed by atoms with Gasteiger partial charge in [0.1, 0.15) is 10.7 Å². The van der Waals surface area contributed by atoms with Crippen molar-refractivity contribution in [3.05, 3.63) is 58.9 Å². The number of sulfonamides is 1. The molecule has 0 spiro atoms. The van der Waals surface area contributed by atoms with Crippen molar-refractivity contribution in [1.29, 1.82) is 0 Å². The number of aromatic amines is 1. The molecule has 0 bridgehead atoms. The maximum atomic E-state index is 12.7. The molecule has 4 rings (SSSR count). The van der Waals surface area contributed by atoms with Gasteiger partial charge in [-0.1, -0.05) is 11.6 Å². The summed E-state index contributed by atoms with van der Waals surface area (Å²) < 4.78 is 27.9. The number of aromatic nitrogens is 3. The van der Waals surface area contributed by atoms with Crippen molar-refractivity contribution in [2.75, 3.05) is 5.32 Å². The van der Waals surface area contributed by atoms with Crippen LogP contribution in [0.4, 0.5) is 5.69 Å². The van der Waals surface area contributed by atoms with E-state index in [0.29, 0.717) is 17.4 Å². The molecular formula is C22H24ClN5O3S. The van der Waals surface area contributed by atoms with Crippen LogP contribution in [-0.4, -0.2) is 35.0 Å². The Morgan fingerprint density at radius 1 is 1.12 bits per heavy atom. The number of benzene rings is 2. The van der Waals surface area contributed by atoms with Crippen LogP contribution in [0.5, 0.6) is 0 Å². The molecule has 10 heteroatoms. The van der Waals surface area contributed by atoms with Crippen molar-refractivity contribution in [2.45, 2.75) is 50.0 Å². The van der Waals surface area contributed by atoms with Gasteiger partial charge in [-0.15, -0.1) is 0 Å². The Balaban J connectivity index is 1.50. The molecule has 0 atom stereocenters. The molecule has 1 aromatic heterocycles. The van der Waals surface area contributed by atoms with E-state index < -0.39 is 21.5 Å². The fourth-order valence-corrected chi connectivity index (χ4v) is 5.10. The highest BCUT2D eigenvalue weighted by Gasteiger charge is 2.27. The maximum absolute atomic E-state index is 12.7. The Morgan fingerprint density at radius 3 is 2.44 bits per heavy atom. The molecule has 1 amide bonds. The van der Waals surface area contributed by atoms with Crippen molar-refractivity contribution in [1.82, 2.24) is 19.9 Å². The molecule has 1 aliphatic carbocycles. The van der Waals surface area contributed by atoms with E-state index in [2.05, 4.69) is 25.2 Å². The monoisotopic (exact) mass is 473 g/mol. The smallest absolute Gasteiger partial charge is 0.255 e. The van der Waals surface area contributed by atoms with Crippen molar-refractivity contribution >= 4 is 33.2 Å². The second-order valence-electron chi connectivity index (χ2n) is 8.85. The lowest BCUT2D eigenvalue weighted by Crippen LogP contribution is -2.40. The first-order valence-electron chi connectivity index (χ1n) is 10.2.